The van der Waals surface area contributed by atoms with Gasteiger partial charge in [0.15, 0.2) is 23.0 Å². The van der Waals surface area contributed by atoms with Gasteiger partial charge in [-0.05, 0) is 55.2 Å². The number of aromatic hydroxyl groups is 1. The summed E-state index contributed by atoms with van der Waals surface area (Å²) in [5.41, 5.74) is 1.98. The fraction of sp³-hybridized carbons (Fsp3) is 0.367. The Balaban J connectivity index is 1.73. The highest BCUT2D eigenvalue weighted by atomic mass is 16.5. The zero-order chi connectivity index (χ0) is 27.7. The van der Waals surface area contributed by atoms with Crippen LogP contribution in [0.15, 0.2) is 60.8 Å². The number of esters is 1. The summed E-state index contributed by atoms with van der Waals surface area (Å²) in [4.78, 5) is 29.7. The number of rotatable bonds is 13. The van der Waals surface area contributed by atoms with Gasteiger partial charge in [-0.2, -0.15) is 0 Å². The van der Waals surface area contributed by atoms with Gasteiger partial charge in [0.1, 0.15) is 17.6 Å². The van der Waals surface area contributed by atoms with Crippen LogP contribution in [0.3, 0.4) is 0 Å². The van der Waals surface area contributed by atoms with Gasteiger partial charge in [-0.1, -0.05) is 31.2 Å². The molecule has 3 aromatic rings. The number of carbonyl (C=O) groups is 2. The van der Waals surface area contributed by atoms with E-state index in [0.29, 0.717) is 12.8 Å². The fourth-order valence-corrected chi connectivity index (χ4v) is 4.27. The van der Waals surface area contributed by atoms with E-state index in [0.717, 1.165) is 22.6 Å². The molecule has 2 atom stereocenters. The van der Waals surface area contributed by atoms with Crippen molar-refractivity contribution >= 4 is 11.8 Å². The number of hydrogen-bond acceptors (Lipinski definition) is 8. The molecule has 1 aromatic heterocycles. The highest BCUT2D eigenvalue weighted by Gasteiger charge is 2.28. The molecular weight excluding hydrogens is 486 g/mol. The summed E-state index contributed by atoms with van der Waals surface area (Å²) in [6.07, 6.45) is 2.07. The third kappa shape index (κ3) is 7.47. The zero-order valence-corrected chi connectivity index (χ0v) is 22.5. The van der Waals surface area contributed by atoms with E-state index in [2.05, 4.69) is 4.98 Å². The van der Waals surface area contributed by atoms with Crippen LogP contribution in [0, 0.1) is 11.8 Å². The lowest BCUT2D eigenvalue weighted by Gasteiger charge is -2.26. The number of methoxy groups -OCH3 is 3. The molecule has 0 amide bonds. The number of benzene rings is 2. The first-order valence-corrected chi connectivity index (χ1v) is 12.5. The van der Waals surface area contributed by atoms with Crippen molar-refractivity contribution in [2.45, 2.75) is 39.2 Å². The van der Waals surface area contributed by atoms with Crippen molar-refractivity contribution in [3.8, 4) is 23.0 Å². The van der Waals surface area contributed by atoms with E-state index in [-0.39, 0.29) is 29.5 Å². The van der Waals surface area contributed by atoms with E-state index in [1.807, 2.05) is 55.5 Å². The molecule has 3 rings (SSSR count). The van der Waals surface area contributed by atoms with Crippen LogP contribution in [0.25, 0.3) is 0 Å². The third-order valence-corrected chi connectivity index (χ3v) is 6.50. The number of ether oxygens (including phenoxy) is 4. The van der Waals surface area contributed by atoms with Crippen molar-refractivity contribution in [2.24, 2.45) is 11.8 Å². The van der Waals surface area contributed by atoms with Gasteiger partial charge in [0.25, 0.3) is 0 Å². The van der Waals surface area contributed by atoms with Crippen molar-refractivity contribution in [3.63, 3.8) is 0 Å². The quantitative estimate of drug-likeness (QED) is 0.246. The van der Waals surface area contributed by atoms with Crippen molar-refractivity contribution in [1.82, 2.24) is 4.98 Å². The maximum atomic E-state index is 13.0. The number of nitrogens with zero attached hydrogens (tertiary/aromatic N) is 1. The van der Waals surface area contributed by atoms with E-state index in [4.69, 9.17) is 18.9 Å². The molecule has 0 bridgehead atoms. The second-order valence-corrected chi connectivity index (χ2v) is 9.25. The van der Waals surface area contributed by atoms with E-state index in [1.54, 1.807) is 21.1 Å². The standard InChI is InChI=1S/C30H35NO7/c1-19(14-26(32)28-29(33)27(37-5)12-13-31-28)30(34)38-20(2)23(15-21-8-6-10-24(17-21)35-3)16-22-9-7-11-25(18-22)36-4/h6-13,17-20,23,33H,14-16H2,1-5H3/t19-,20+/m1/s1. The highest BCUT2D eigenvalue weighted by Crippen LogP contribution is 2.30. The second kappa shape index (κ2) is 13.5. The van der Waals surface area contributed by atoms with E-state index >= 15 is 0 Å². The summed E-state index contributed by atoms with van der Waals surface area (Å²) in [6.45, 7) is 3.50. The molecule has 0 aliphatic heterocycles. The molecule has 1 N–H and O–H groups in total. The van der Waals surface area contributed by atoms with Gasteiger partial charge in [0.2, 0.25) is 0 Å². The molecule has 0 aliphatic rings. The van der Waals surface area contributed by atoms with Crippen LogP contribution >= 0.6 is 0 Å². The van der Waals surface area contributed by atoms with Gasteiger partial charge in [-0.3, -0.25) is 9.59 Å². The molecule has 8 heteroatoms. The molecule has 0 aliphatic carbocycles. The van der Waals surface area contributed by atoms with Crippen molar-refractivity contribution in [2.75, 3.05) is 21.3 Å². The van der Waals surface area contributed by atoms with Gasteiger partial charge in [0.05, 0.1) is 27.2 Å². The first-order chi connectivity index (χ1) is 18.2. The Kier molecular flexibility index (Phi) is 10.1. The Morgan fingerprint density at radius 2 is 1.45 bits per heavy atom. The number of Topliss-reactive ketones (excluding diaryl/α,β-unsaturated/α-hetero) is 1. The molecule has 2 aromatic carbocycles. The van der Waals surface area contributed by atoms with Crippen LogP contribution in [0.4, 0.5) is 0 Å². The Hall–Kier alpha value is -4.07. The second-order valence-electron chi connectivity index (χ2n) is 9.25. The van der Waals surface area contributed by atoms with E-state index in [1.165, 1.54) is 19.4 Å². The molecule has 0 saturated carbocycles. The minimum absolute atomic E-state index is 0.0508. The van der Waals surface area contributed by atoms with Gasteiger partial charge < -0.3 is 24.1 Å². The number of hydrogen-bond donors (Lipinski definition) is 1. The molecule has 0 saturated heterocycles. The third-order valence-electron chi connectivity index (χ3n) is 6.50. The maximum absolute atomic E-state index is 13.0. The van der Waals surface area contributed by atoms with Gasteiger partial charge in [-0.15, -0.1) is 0 Å². The molecule has 8 nitrogen and oxygen atoms in total. The summed E-state index contributed by atoms with van der Waals surface area (Å²) < 4.78 is 21.7. The minimum atomic E-state index is -0.730. The summed E-state index contributed by atoms with van der Waals surface area (Å²) in [6, 6.07) is 17.1. The van der Waals surface area contributed by atoms with Gasteiger partial charge >= 0.3 is 5.97 Å². The molecule has 0 fully saturated rings. The van der Waals surface area contributed by atoms with E-state index in [9.17, 15) is 14.7 Å². The van der Waals surface area contributed by atoms with Crippen LogP contribution < -0.4 is 14.2 Å². The number of aromatic nitrogens is 1. The highest BCUT2D eigenvalue weighted by molar-refractivity contribution is 5.99. The molecule has 38 heavy (non-hydrogen) atoms. The van der Waals surface area contributed by atoms with Crippen LogP contribution in [0.5, 0.6) is 23.0 Å². The average molecular weight is 522 g/mol. The average Bonchev–Trinajstić information content (AvgIpc) is 2.92. The van der Waals surface area contributed by atoms with Crippen molar-refractivity contribution < 1.29 is 33.6 Å². The Morgan fingerprint density at radius 1 is 0.868 bits per heavy atom. The Bertz CT molecular complexity index is 1190. The van der Waals surface area contributed by atoms with E-state index < -0.39 is 23.8 Å². The number of pyridine rings is 1. The van der Waals surface area contributed by atoms with Crippen LogP contribution in [-0.4, -0.2) is 49.3 Å². The first-order valence-electron chi connectivity index (χ1n) is 12.5. The zero-order valence-electron chi connectivity index (χ0n) is 22.5. The molecular formula is C30H35NO7. The maximum Gasteiger partial charge on any atom is 0.309 e. The fourth-order valence-electron chi connectivity index (χ4n) is 4.27. The molecule has 1 heterocycles. The molecule has 0 unspecified atom stereocenters. The molecule has 202 valence electrons. The first kappa shape index (κ1) is 28.5. The summed E-state index contributed by atoms with van der Waals surface area (Å²) in [5, 5.41) is 10.2. The normalized spacial score (nSPS) is 12.5. The smallest absolute Gasteiger partial charge is 0.309 e. The van der Waals surface area contributed by atoms with Crippen LogP contribution in [-0.2, 0) is 22.4 Å². The lowest BCUT2D eigenvalue weighted by molar-refractivity contribution is -0.155. The van der Waals surface area contributed by atoms with Gasteiger partial charge in [-0.25, -0.2) is 4.98 Å². The summed E-state index contributed by atoms with van der Waals surface area (Å²) in [7, 11) is 4.64. The van der Waals surface area contributed by atoms with Crippen molar-refractivity contribution in [1.29, 1.82) is 0 Å². The molecule has 0 radical (unpaired) electrons. The number of ketones is 1. The van der Waals surface area contributed by atoms with Crippen LogP contribution in [0.2, 0.25) is 0 Å². The lowest BCUT2D eigenvalue weighted by atomic mass is 9.88. The predicted molar refractivity (Wildman–Crippen MR) is 143 cm³/mol. The largest absolute Gasteiger partial charge is 0.503 e. The summed E-state index contributed by atoms with van der Waals surface area (Å²) in [5.74, 6) is -0.424. The van der Waals surface area contributed by atoms with Gasteiger partial charge in [0, 0.05) is 24.6 Å². The Labute approximate surface area is 223 Å². The van der Waals surface area contributed by atoms with Crippen molar-refractivity contribution in [3.05, 3.63) is 77.6 Å². The lowest BCUT2D eigenvalue weighted by Crippen LogP contribution is -2.30. The predicted octanol–water partition coefficient (Wildman–Crippen LogP) is 5.06. The Morgan fingerprint density at radius 3 is 1.97 bits per heavy atom. The number of carbonyl (C=O) groups excluding carboxylic acids is 2. The monoisotopic (exact) mass is 521 g/mol. The topological polar surface area (TPSA) is 104 Å². The van der Waals surface area contributed by atoms with Crippen LogP contribution in [0.1, 0.15) is 41.9 Å². The summed E-state index contributed by atoms with van der Waals surface area (Å²) >= 11 is 0. The SMILES string of the molecule is COc1cccc(CC(Cc2cccc(OC)c2)[C@H](C)OC(=O)[C@H](C)CC(=O)c2nccc(OC)c2O)c1. The molecule has 0 spiro atoms. The minimum Gasteiger partial charge on any atom is -0.503 e.